The zero-order valence-corrected chi connectivity index (χ0v) is 14.6. The summed E-state index contributed by atoms with van der Waals surface area (Å²) in [6, 6.07) is 5.25. The number of carbonyl (C=O) groups is 1. The molecule has 2 heterocycles. The highest BCUT2D eigenvalue weighted by Gasteiger charge is 2.43. The monoisotopic (exact) mass is 354 g/mol. The van der Waals surface area contributed by atoms with Gasteiger partial charge in [0.15, 0.2) is 0 Å². The number of nitrogens with zero attached hydrogens (tertiary/aromatic N) is 1. The molecule has 3 atom stereocenters. The third kappa shape index (κ3) is 2.55. The first-order chi connectivity index (χ1) is 10.6. The van der Waals surface area contributed by atoms with Crippen molar-refractivity contribution in [3.05, 3.63) is 34.5 Å². The Bertz CT molecular complexity index is 762. The summed E-state index contributed by atoms with van der Waals surface area (Å²) < 4.78 is 14.8. The minimum atomic E-state index is -0.245. The SMILES string of the molecule is Cc1c(C(=O)N2CC3CCC(N)C3C2)sc2cccc(F)c12.Cl. The van der Waals surface area contributed by atoms with E-state index < -0.39 is 0 Å². The van der Waals surface area contributed by atoms with Crippen molar-refractivity contribution >= 4 is 39.7 Å². The molecule has 0 radical (unpaired) electrons. The Labute approximate surface area is 145 Å². The number of rotatable bonds is 1. The molecule has 0 spiro atoms. The van der Waals surface area contributed by atoms with Crippen molar-refractivity contribution in [2.75, 3.05) is 13.1 Å². The Morgan fingerprint density at radius 1 is 1.35 bits per heavy atom. The van der Waals surface area contributed by atoms with Crippen molar-refractivity contribution in [2.24, 2.45) is 17.6 Å². The Hall–Kier alpha value is -1.17. The fourth-order valence-electron chi connectivity index (χ4n) is 4.07. The fraction of sp³-hybridized carbons (Fsp3) is 0.471. The van der Waals surface area contributed by atoms with Gasteiger partial charge in [-0.25, -0.2) is 4.39 Å². The second-order valence-electron chi connectivity index (χ2n) is 6.54. The predicted octanol–water partition coefficient (Wildman–Crippen LogP) is 3.58. The minimum Gasteiger partial charge on any atom is -0.337 e. The van der Waals surface area contributed by atoms with Crippen LogP contribution in [-0.2, 0) is 0 Å². The van der Waals surface area contributed by atoms with Crippen LogP contribution in [0.5, 0.6) is 0 Å². The molecule has 2 fully saturated rings. The Morgan fingerprint density at radius 3 is 2.83 bits per heavy atom. The average molecular weight is 355 g/mol. The molecule has 1 saturated carbocycles. The van der Waals surface area contributed by atoms with Crippen molar-refractivity contribution < 1.29 is 9.18 Å². The predicted molar refractivity (Wildman–Crippen MR) is 93.9 cm³/mol. The molecule has 3 nitrogen and oxygen atoms in total. The van der Waals surface area contributed by atoms with Crippen molar-refractivity contribution in [2.45, 2.75) is 25.8 Å². The van der Waals surface area contributed by atoms with Crippen LogP contribution in [-0.4, -0.2) is 29.9 Å². The quantitative estimate of drug-likeness (QED) is 0.850. The Morgan fingerprint density at radius 2 is 2.13 bits per heavy atom. The van der Waals surface area contributed by atoms with E-state index in [2.05, 4.69) is 0 Å². The lowest BCUT2D eigenvalue weighted by molar-refractivity contribution is 0.0784. The van der Waals surface area contributed by atoms with E-state index >= 15 is 0 Å². The van der Waals surface area contributed by atoms with Crippen LogP contribution in [0.2, 0.25) is 0 Å². The largest absolute Gasteiger partial charge is 0.337 e. The third-order valence-electron chi connectivity index (χ3n) is 5.30. The smallest absolute Gasteiger partial charge is 0.264 e. The van der Waals surface area contributed by atoms with Crippen molar-refractivity contribution in [3.63, 3.8) is 0 Å². The lowest BCUT2D eigenvalue weighted by atomic mass is 9.98. The standard InChI is InChI=1S/C17H19FN2OS.ClH/c1-9-15-12(18)3-2-4-14(15)22-16(9)17(21)20-7-10-5-6-13(19)11(10)8-20;/h2-4,10-11,13H,5-8,19H2,1H3;1H. The van der Waals surface area contributed by atoms with Gasteiger partial charge >= 0.3 is 0 Å². The second kappa shape index (κ2) is 6.04. The first kappa shape index (κ1) is 16.7. The molecule has 124 valence electrons. The summed E-state index contributed by atoms with van der Waals surface area (Å²) in [6.07, 6.45) is 2.19. The number of fused-ring (bicyclic) bond motifs is 2. The van der Waals surface area contributed by atoms with Gasteiger partial charge < -0.3 is 10.6 Å². The van der Waals surface area contributed by atoms with Gasteiger partial charge in [-0.05, 0) is 49.3 Å². The lowest BCUT2D eigenvalue weighted by Crippen LogP contribution is -2.33. The van der Waals surface area contributed by atoms with Crippen molar-refractivity contribution in [3.8, 4) is 0 Å². The molecule has 4 rings (SSSR count). The molecule has 1 aliphatic carbocycles. The number of amides is 1. The van der Waals surface area contributed by atoms with Gasteiger partial charge in [0.2, 0.25) is 0 Å². The maximum absolute atomic E-state index is 14.0. The molecule has 6 heteroatoms. The van der Waals surface area contributed by atoms with Crippen molar-refractivity contribution in [1.82, 2.24) is 4.90 Å². The summed E-state index contributed by atoms with van der Waals surface area (Å²) in [5.41, 5.74) is 6.92. The zero-order chi connectivity index (χ0) is 15.4. The lowest BCUT2D eigenvalue weighted by Gasteiger charge is -2.18. The average Bonchev–Trinajstić information content (AvgIpc) is 3.15. The number of aryl methyl sites for hydroxylation is 1. The maximum Gasteiger partial charge on any atom is 0.264 e. The Balaban J connectivity index is 0.00000156. The van der Waals surface area contributed by atoms with E-state index in [-0.39, 0.29) is 30.2 Å². The maximum atomic E-state index is 14.0. The van der Waals surface area contributed by atoms with Gasteiger partial charge in [-0.1, -0.05) is 6.07 Å². The number of nitrogens with two attached hydrogens (primary N) is 1. The van der Waals surface area contributed by atoms with Gasteiger partial charge in [-0.15, -0.1) is 23.7 Å². The summed E-state index contributed by atoms with van der Waals surface area (Å²) in [7, 11) is 0. The van der Waals surface area contributed by atoms with E-state index in [9.17, 15) is 9.18 Å². The zero-order valence-electron chi connectivity index (χ0n) is 12.9. The van der Waals surface area contributed by atoms with E-state index in [0.29, 0.717) is 22.1 Å². The van der Waals surface area contributed by atoms with Crippen molar-refractivity contribution in [1.29, 1.82) is 0 Å². The van der Waals surface area contributed by atoms with Gasteiger partial charge in [0.1, 0.15) is 5.82 Å². The fourth-order valence-corrected chi connectivity index (χ4v) is 5.27. The molecular formula is C17H20ClFN2OS. The van der Waals surface area contributed by atoms with Gasteiger partial charge in [0.25, 0.3) is 5.91 Å². The number of benzene rings is 1. The Kier molecular flexibility index (Phi) is 4.38. The van der Waals surface area contributed by atoms with Crippen LogP contribution in [0.15, 0.2) is 18.2 Å². The van der Waals surface area contributed by atoms with Gasteiger partial charge in [0, 0.05) is 29.2 Å². The molecule has 1 amide bonds. The summed E-state index contributed by atoms with van der Waals surface area (Å²) in [6.45, 7) is 3.39. The van der Waals surface area contributed by atoms with Crippen LogP contribution in [0.3, 0.4) is 0 Å². The van der Waals surface area contributed by atoms with E-state index in [0.717, 1.165) is 36.2 Å². The van der Waals surface area contributed by atoms with E-state index in [4.69, 9.17) is 5.73 Å². The number of halogens is 2. The molecule has 23 heavy (non-hydrogen) atoms. The van der Waals surface area contributed by atoms with Gasteiger partial charge in [-0.2, -0.15) is 0 Å². The molecule has 1 saturated heterocycles. The normalized spacial score (nSPS) is 26.4. The molecule has 1 aromatic heterocycles. The number of hydrogen-bond acceptors (Lipinski definition) is 3. The van der Waals surface area contributed by atoms with E-state index in [1.54, 1.807) is 6.07 Å². The summed E-state index contributed by atoms with van der Waals surface area (Å²) in [5.74, 6) is 0.783. The molecule has 2 N–H and O–H groups in total. The highest BCUT2D eigenvalue weighted by Crippen LogP contribution is 2.39. The first-order valence-corrected chi connectivity index (χ1v) is 8.60. The van der Waals surface area contributed by atoms with Gasteiger partial charge in [-0.3, -0.25) is 4.79 Å². The minimum absolute atomic E-state index is 0. The van der Waals surface area contributed by atoms with Crippen LogP contribution in [0.1, 0.15) is 28.1 Å². The summed E-state index contributed by atoms with van der Waals surface area (Å²) in [4.78, 5) is 15.5. The number of likely N-dealkylation sites (tertiary alicyclic amines) is 1. The third-order valence-corrected chi connectivity index (χ3v) is 6.54. The highest BCUT2D eigenvalue weighted by molar-refractivity contribution is 7.21. The first-order valence-electron chi connectivity index (χ1n) is 7.78. The van der Waals surface area contributed by atoms with E-state index in [1.807, 2.05) is 17.9 Å². The van der Waals surface area contributed by atoms with Crippen LogP contribution in [0.4, 0.5) is 4.39 Å². The summed E-state index contributed by atoms with van der Waals surface area (Å²) >= 11 is 1.40. The van der Waals surface area contributed by atoms with E-state index in [1.165, 1.54) is 17.4 Å². The number of hydrogen-bond donors (Lipinski definition) is 1. The molecule has 1 aliphatic heterocycles. The van der Waals surface area contributed by atoms with Crippen LogP contribution in [0.25, 0.3) is 10.1 Å². The van der Waals surface area contributed by atoms with Crippen LogP contribution in [0, 0.1) is 24.6 Å². The number of carbonyl (C=O) groups excluding carboxylic acids is 1. The van der Waals surface area contributed by atoms with Crippen LogP contribution >= 0.6 is 23.7 Å². The topological polar surface area (TPSA) is 46.3 Å². The second-order valence-corrected chi connectivity index (χ2v) is 7.60. The molecule has 2 aliphatic rings. The number of thiophene rings is 1. The summed E-state index contributed by atoms with van der Waals surface area (Å²) in [5, 5.41) is 0.590. The molecule has 0 bridgehead atoms. The highest BCUT2D eigenvalue weighted by atomic mass is 35.5. The molecular weight excluding hydrogens is 335 g/mol. The van der Waals surface area contributed by atoms with Crippen LogP contribution < -0.4 is 5.73 Å². The van der Waals surface area contributed by atoms with Gasteiger partial charge in [0.05, 0.1) is 4.88 Å². The molecule has 1 aromatic carbocycles. The molecule has 3 unspecified atom stereocenters. The molecule has 2 aromatic rings.